The van der Waals surface area contributed by atoms with Crippen LogP contribution in [0.3, 0.4) is 0 Å². The number of aromatic amines is 1. The third kappa shape index (κ3) is 4.45. The molecular formula is C19H23ClN2O4. The molecule has 0 bridgehead atoms. The Labute approximate surface area is 157 Å². The molecule has 2 atom stereocenters. The molecule has 140 valence electrons. The Balaban J connectivity index is 1.96. The lowest BCUT2D eigenvalue weighted by atomic mass is 10.1. The van der Waals surface area contributed by atoms with Gasteiger partial charge in [0.15, 0.2) is 6.61 Å². The van der Waals surface area contributed by atoms with Crippen molar-refractivity contribution in [3.63, 3.8) is 0 Å². The summed E-state index contributed by atoms with van der Waals surface area (Å²) in [6.45, 7) is 6.51. The van der Waals surface area contributed by atoms with Gasteiger partial charge in [-0.2, -0.15) is 0 Å². The summed E-state index contributed by atoms with van der Waals surface area (Å²) >= 11 is 6.11. The van der Waals surface area contributed by atoms with Crippen LogP contribution in [-0.4, -0.2) is 28.6 Å². The molecule has 7 heteroatoms. The van der Waals surface area contributed by atoms with Crippen molar-refractivity contribution in [1.29, 1.82) is 0 Å². The van der Waals surface area contributed by atoms with Crippen LogP contribution in [-0.2, 0) is 9.53 Å². The molecule has 0 aliphatic rings. The third-order valence-corrected chi connectivity index (χ3v) is 4.55. The van der Waals surface area contributed by atoms with E-state index < -0.39 is 24.6 Å². The molecule has 1 amide bonds. The number of carbonyl (C=O) groups excluding carboxylic acids is 2. The number of aryl methyl sites for hydroxylation is 1. The molecule has 1 aromatic heterocycles. The molecule has 0 saturated carbocycles. The van der Waals surface area contributed by atoms with Gasteiger partial charge in [0.05, 0.1) is 12.1 Å². The Bertz CT molecular complexity index is 814. The quantitative estimate of drug-likeness (QED) is 0.672. The largest absolute Gasteiger partial charge is 0.451 e. The maximum absolute atomic E-state index is 12.2. The summed E-state index contributed by atoms with van der Waals surface area (Å²) in [6, 6.07) is 6.90. The number of carbonyl (C=O) groups is 2. The van der Waals surface area contributed by atoms with Gasteiger partial charge in [-0.1, -0.05) is 29.8 Å². The topological polar surface area (TPSA) is 91.4 Å². The van der Waals surface area contributed by atoms with E-state index in [0.29, 0.717) is 21.8 Å². The predicted molar refractivity (Wildman–Crippen MR) is 99.2 cm³/mol. The second kappa shape index (κ2) is 8.38. The smallest absolute Gasteiger partial charge is 0.355 e. The van der Waals surface area contributed by atoms with Crippen LogP contribution >= 0.6 is 11.6 Å². The number of esters is 1. The first-order chi connectivity index (χ1) is 12.2. The van der Waals surface area contributed by atoms with E-state index in [1.807, 2.05) is 18.2 Å². The van der Waals surface area contributed by atoms with Crippen molar-refractivity contribution in [3.8, 4) is 0 Å². The van der Waals surface area contributed by atoms with E-state index in [1.165, 1.54) is 0 Å². The van der Waals surface area contributed by atoms with Gasteiger partial charge in [-0.3, -0.25) is 4.79 Å². The van der Waals surface area contributed by atoms with E-state index in [1.54, 1.807) is 33.8 Å². The molecule has 0 aliphatic carbocycles. The standard InChI is InChI=1S/C19H23ClN2O4/c1-10-17(13(4)23)12(3)22-18(10)19(25)26-9-16(24)21-11(2)14-7-5-6-8-15(14)20/h5-8,11,13,22-23H,9H2,1-4H3,(H,21,24)/t11-,13+/m1/s1. The zero-order valence-electron chi connectivity index (χ0n) is 15.2. The number of aliphatic hydroxyl groups excluding tert-OH is 1. The average Bonchev–Trinajstić information content (AvgIpc) is 2.87. The first kappa shape index (κ1) is 20.0. The van der Waals surface area contributed by atoms with E-state index in [4.69, 9.17) is 16.3 Å². The van der Waals surface area contributed by atoms with E-state index in [9.17, 15) is 14.7 Å². The normalized spacial score (nSPS) is 13.2. The number of aromatic nitrogens is 1. The minimum absolute atomic E-state index is 0.241. The molecule has 3 N–H and O–H groups in total. The van der Waals surface area contributed by atoms with Gasteiger partial charge in [-0.15, -0.1) is 0 Å². The fourth-order valence-corrected chi connectivity index (χ4v) is 3.29. The molecule has 0 radical (unpaired) electrons. The lowest BCUT2D eigenvalue weighted by Crippen LogP contribution is -2.31. The van der Waals surface area contributed by atoms with Crippen molar-refractivity contribution >= 4 is 23.5 Å². The fraction of sp³-hybridized carbons (Fsp3) is 0.368. The molecule has 1 aromatic carbocycles. The molecule has 2 rings (SSSR count). The molecule has 0 unspecified atom stereocenters. The van der Waals surface area contributed by atoms with Crippen LogP contribution < -0.4 is 5.32 Å². The van der Waals surface area contributed by atoms with E-state index in [-0.39, 0.29) is 11.7 Å². The van der Waals surface area contributed by atoms with Crippen LogP contribution in [0.15, 0.2) is 24.3 Å². The molecular weight excluding hydrogens is 356 g/mol. The summed E-state index contributed by atoms with van der Waals surface area (Å²) < 4.78 is 5.09. The van der Waals surface area contributed by atoms with Crippen molar-refractivity contribution in [1.82, 2.24) is 10.3 Å². The molecule has 0 aliphatic heterocycles. The highest BCUT2D eigenvalue weighted by Gasteiger charge is 2.22. The fourth-order valence-electron chi connectivity index (χ4n) is 2.99. The predicted octanol–water partition coefficient (Wildman–Crippen LogP) is 3.37. The van der Waals surface area contributed by atoms with Crippen molar-refractivity contribution in [2.24, 2.45) is 0 Å². The third-order valence-electron chi connectivity index (χ3n) is 4.20. The number of ether oxygens (including phenoxy) is 1. The van der Waals surface area contributed by atoms with Crippen LogP contribution in [0.4, 0.5) is 0 Å². The molecule has 2 aromatic rings. The molecule has 0 spiro atoms. The Morgan fingerprint density at radius 3 is 2.50 bits per heavy atom. The average molecular weight is 379 g/mol. The first-order valence-electron chi connectivity index (χ1n) is 8.30. The Hall–Kier alpha value is -2.31. The van der Waals surface area contributed by atoms with Crippen LogP contribution in [0.5, 0.6) is 0 Å². The Morgan fingerprint density at radius 2 is 1.92 bits per heavy atom. The minimum Gasteiger partial charge on any atom is -0.451 e. The maximum Gasteiger partial charge on any atom is 0.355 e. The number of hydrogen-bond donors (Lipinski definition) is 3. The number of halogens is 1. The summed E-state index contributed by atoms with van der Waals surface area (Å²) in [7, 11) is 0. The second-order valence-corrected chi connectivity index (χ2v) is 6.63. The molecule has 0 fully saturated rings. The number of H-pyrrole nitrogens is 1. The SMILES string of the molecule is Cc1[nH]c(C(=O)OCC(=O)N[C@H](C)c2ccccc2Cl)c(C)c1[C@H](C)O. The monoisotopic (exact) mass is 378 g/mol. The summed E-state index contributed by atoms with van der Waals surface area (Å²) in [4.78, 5) is 27.2. The van der Waals surface area contributed by atoms with Crippen molar-refractivity contribution in [3.05, 3.63) is 57.4 Å². The number of hydrogen-bond acceptors (Lipinski definition) is 4. The van der Waals surface area contributed by atoms with Gasteiger partial charge >= 0.3 is 5.97 Å². The van der Waals surface area contributed by atoms with Crippen LogP contribution in [0.2, 0.25) is 5.02 Å². The first-order valence-corrected chi connectivity index (χ1v) is 8.68. The zero-order chi connectivity index (χ0) is 19.4. The number of benzene rings is 1. The summed E-state index contributed by atoms with van der Waals surface area (Å²) in [6.07, 6.45) is -0.701. The number of amides is 1. The van der Waals surface area contributed by atoms with Gasteiger partial charge in [0, 0.05) is 16.3 Å². The Morgan fingerprint density at radius 1 is 1.27 bits per heavy atom. The van der Waals surface area contributed by atoms with Crippen LogP contribution in [0.25, 0.3) is 0 Å². The minimum atomic E-state index is -0.701. The molecule has 6 nitrogen and oxygen atoms in total. The zero-order valence-corrected chi connectivity index (χ0v) is 16.0. The van der Waals surface area contributed by atoms with Crippen molar-refractivity contribution in [2.75, 3.05) is 6.61 Å². The van der Waals surface area contributed by atoms with Gasteiger partial charge in [-0.25, -0.2) is 4.79 Å². The number of aliphatic hydroxyl groups is 1. The molecule has 0 saturated heterocycles. The highest BCUT2D eigenvalue weighted by atomic mass is 35.5. The summed E-state index contributed by atoms with van der Waals surface area (Å²) in [5.74, 6) is -1.07. The lowest BCUT2D eigenvalue weighted by Gasteiger charge is -2.15. The lowest BCUT2D eigenvalue weighted by molar-refractivity contribution is -0.124. The number of rotatable bonds is 6. The van der Waals surface area contributed by atoms with Gasteiger partial charge in [0.1, 0.15) is 5.69 Å². The molecule has 1 heterocycles. The second-order valence-electron chi connectivity index (χ2n) is 6.23. The molecule has 26 heavy (non-hydrogen) atoms. The maximum atomic E-state index is 12.2. The van der Waals surface area contributed by atoms with E-state index >= 15 is 0 Å². The highest BCUT2D eigenvalue weighted by Crippen LogP contribution is 2.25. The van der Waals surface area contributed by atoms with Crippen LogP contribution in [0, 0.1) is 13.8 Å². The summed E-state index contributed by atoms with van der Waals surface area (Å²) in [5.41, 5.74) is 3.00. The van der Waals surface area contributed by atoms with Crippen molar-refractivity contribution < 1.29 is 19.4 Å². The van der Waals surface area contributed by atoms with Crippen LogP contribution in [0.1, 0.15) is 58.9 Å². The highest BCUT2D eigenvalue weighted by molar-refractivity contribution is 6.31. The number of nitrogens with one attached hydrogen (secondary N) is 2. The van der Waals surface area contributed by atoms with E-state index in [2.05, 4.69) is 10.3 Å². The van der Waals surface area contributed by atoms with Gasteiger partial charge < -0.3 is 20.1 Å². The van der Waals surface area contributed by atoms with Gasteiger partial charge in [-0.05, 0) is 44.9 Å². The summed E-state index contributed by atoms with van der Waals surface area (Å²) in [5, 5.41) is 13.1. The van der Waals surface area contributed by atoms with Gasteiger partial charge in [0.2, 0.25) is 0 Å². The Kier molecular flexibility index (Phi) is 6.45. The van der Waals surface area contributed by atoms with E-state index in [0.717, 1.165) is 5.56 Å². The van der Waals surface area contributed by atoms with Gasteiger partial charge in [0.25, 0.3) is 5.91 Å². The van der Waals surface area contributed by atoms with Crippen molar-refractivity contribution in [2.45, 2.75) is 39.8 Å².